The van der Waals surface area contributed by atoms with E-state index in [1.165, 1.54) is 11.8 Å². The molecule has 5 rings (SSSR count). The predicted molar refractivity (Wildman–Crippen MR) is 111 cm³/mol. The Kier molecular flexibility index (Phi) is 4.18. The third-order valence-corrected chi connectivity index (χ3v) is 5.55. The highest BCUT2D eigenvalue weighted by atomic mass is 32.2. The summed E-state index contributed by atoms with van der Waals surface area (Å²) < 4.78 is 6.59. The van der Waals surface area contributed by atoms with Crippen LogP contribution in [-0.4, -0.2) is 14.7 Å². The first-order valence-electron chi connectivity index (χ1n) is 8.83. The zero-order valence-corrected chi connectivity index (χ0v) is 15.6. The summed E-state index contributed by atoms with van der Waals surface area (Å²) >= 11 is 1.46. The van der Waals surface area contributed by atoms with E-state index in [0.717, 1.165) is 22.2 Å². The number of benzene rings is 3. The van der Waals surface area contributed by atoms with Gasteiger partial charge < -0.3 is 4.52 Å². The van der Waals surface area contributed by atoms with Gasteiger partial charge in [-0.1, -0.05) is 59.4 Å². The molecule has 3 aromatic carbocycles. The Balaban J connectivity index is 1.71. The topological polar surface area (TPSA) is 60.9 Å². The number of para-hydroxylation sites is 1. The first-order valence-corrected chi connectivity index (χ1v) is 9.81. The van der Waals surface area contributed by atoms with Crippen molar-refractivity contribution in [1.29, 1.82) is 0 Å². The molecule has 0 saturated heterocycles. The molecule has 0 amide bonds. The summed E-state index contributed by atoms with van der Waals surface area (Å²) in [7, 11) is 0. The van der Waals surface area contributed by atoms with Crippen LogP contribution in [0.5, 0.6) is 0 Å². The van der Waals surface area contributed by atoms with E-state index in [4.69, 9.17) is 9.51 Å². The standard InChI is InChI=1S/C22H15N3O2S/c26-21-19-7-3-4-8-20(19)23-22(28-14-17-11-12-27-24-17)25(21)18-10-9-15-5-1-2-6-16(15)13-18/h1-13H,14H2. The van der Waals surface area contributed by atoms with E-state index < -0.39 is 0 Å². The monoisotopic (exact) mass is 385 g/mol. The summed E-state index contributed by atoms with van der Waals surface area (Å²) in [6.07, 6.45) is 1.54. The molecule has 2 aromatic heterocycles. The number of hydrogen-bond acceptors (Lipinski definition) is 5. The molecule has 0 aliphatic rings. The molecule has 0 N–H and O–H groups in total. The van der Waals surface area contributed by atoms with Crippen molar-refractivity contribution in [3.8, 4) is 5.69 Å². The molecule has 0 unspecified atom stereocenters. The second-order valence-corrected chi connectivity index (χ2v) is 7.31. The first kappa shape index (κ1) is 16.8. The molecular formula is C22H15N3O2S. The zero-order valence-electron chi connectivity index (χ0n) is 14.8. The lowest BCUT2D eigenvalue weighted by molar-refractivity contribution is 0.414. The van der Waals surface area contributed by atoms with Crippen LogP contribution in [0.15, 0.2) is 93.5 Å². The maximum atomic E-state index is 13.3. The summed E-state index contributed by atoms with van der Waals surface area (Å²) in [5.41, 5.74) is 2.21. The number of rotatable bonds is 4. The van der Waals surface area contributed by atoms with Crippen LogP contribution < -0.4 is 5.56 Å². The largest absolute Gasteiger partial charge is 0.364 e. The normalized spacial score (nSPS) is 11.3. The minimum atomic E-state index is -0.0801. The Morgan fingerprint density at radius 1 is 0.929 bits per heavy atom. The van der Waals surface area contributed by atoms with Crippen LogP contribution in [-0.2, 0) is 5.75 Å². The maximum Gasteiger partial charge on any atom is 0.266 e. The number of nitrogens with zero attached hydrogens (tertiary/aromatic N) is 3. The molecule has 0 aliphatic carbocycles. The highest BCUT2D eigenvalue weighted by molar-refractivity contribution is 7.98. The van der Waals surface area contributed by atoms with Gasteiger partial charge in [-0.2, -0.15) is 0 Å². The average Bonchev–Trinajstić information content (AvgIpc) is 3.26. The molecule has 0 spiro atoms. The lowest BCUT2D eigenvalue weighted by atomic mass is 10.1. The van der Waals surface area contributed by atoms with Gasteiger partial charge in [-0.25, -0.2) is 4.98 Å². The van der Waals surface area contributed by atoms with Crippen molar-refractivity contribution in [1.82, 2.24) is 14.7 Å². The Morgan fingerprint density at radius 3 is 2.61 bits per heavy atom. The van der Waals surface area contributed by atoms with E-state index in [2.05, 4.69) is 11.2 Å². The molecule has 0 saturated carbocycles. The van der Waals surface area contributed by atoms with Crippen LogP contribution in [0.3, 0.4) is 0 Å². The molecule has 0 fully saturated rings. The number of hydrogen-bond donors (Lipinski definition) is 0. The van der Waals surface area contributed by atoms with E-state index in [-0.39, 0.29) is 5.56 Å². The summed E-state index contributed by atoms with van der Waals surface area (Å²) in [5, 5.41) is 7.38. The predicted octanol–water partition coefficient (Wildman–Crippen LogP) is 4.82. The third-order valence-electron chi connectivity index (χ3n) is 4.58. The first-order chi connectivity index (χ1) is 13.8. The van der Waals surface area contributed by atoms with E-state index in [1.807, 2.05) is 66.7 Å². The molecule has 6 heteroatoms. The third kappa shape index (κ3) is 2.97. The van der Waals surface area contributed by atoms with Crippen molar-refractivity contribution in [2.45, 2.75) is 10.9 Å². The van der Waals surface area contributed by atoms with Gasteiger partial charge in [0.05, 0.1) is 22.3 Å². The SMILES string of the molecule is O=c1c2ccccc2nc(SCc2ccon2)n1-c1ccc2ccccc2c1. The lowest BCUT2D eigenvalue weighted by Crippen LogP contribution is -2.21. The van der Waals surface area contributed by atoms with Crippen LogP contribution in [0.4, 0.5) is 0 Å². The van der Waals surface area contributed by atoms with Gasteiger partial charge in [-0.3, -0.25) is 9.36 Å². The van der Waals surface area contributed by atoms with Crippen molar-refractivity contribution in [2.24, 2.45) is 0 Å². The fourth-order valence-electron chi connectivity index (χ4n) is 3.20. The molecule has 0 bridgehead atoms. The minimum absolute atomic E-state index is 0.0801. The fourth-order valence-corrected chi connectivity index (χ4v) is 4.11. The Hall–Kier alpha value is -3.38. The second-order valence-electron chi connectivity index (χ2n) is 6.36. The fraction of sp³-hybridized carbons (Fsp3) is 0.0455. The molecule has 0 atom stereocenters. The smallest absolute Gasteiger partial charge is 0.266 e. The van der Waals surface area contributed by atoms with Gasteiger partial charge in [0.2, 0.25) is 0 Å². The number of fused-ring (bicyclic) bond motifs is 2. The molecule has 0 aliphatic heterocycles. The molecule has 0 radical (unpaired) electrons. The van der Waals surface area contributed by atoms with Gasteiger partial charge in [0.25, 0.3) is 5.56 Å². The van der Waals surface area contributed by atoms with Crippen molar-refractivity contribution in [2.75, 3.05) is 0 Å². The Labute approximate surface area is 164 Å². The highest BCUT2D eigenvalue weighted by Gasteiger charge is 2.14. The van der Waals surface area contributed by atoms with E-state index >= 15 is 0 Å². The molecule has 28 heavy (non-hydrogen) atoms. The van der Waals surface area contributed by atoms with Crippen LogP contribution in [0.25, 0.3) is 27.4 Å². The molecule has 5 aromatic rings. The molecule has 2 heterocycles. The molecule has 136 valence electrons. The van der Waals surface area contributed by atoms with Crippen molar-refractivity contribution >= 4 is 33.4 Å². The van der Waals surface area contributed by atoms with Gasteiger partial charge in [0.1, 0.15) is 6.26 Å². The average molecular weight is 385 g/mol. The molecule has 5 nitrogen and oxygen atoms in total. The van der Waals surface area contributed by atoms with E-state index in [1.54, 1.807) is 10.8 Å². The highest BCUT2D eigenvalue weighted by Crippen LogP contribution is 2.26. The lowest BCUT2D eigenvalue weighted by Gasteiger charge is -2.13. The molecular weight excluding hydrogens is 370 g/mol. The summed E-state index contributed by atoms with van der Waals surface area (Å²) in [6.45, 7) is 0. The quantitative estimate of drug-likeness (QED) is 0.328. The Morgan fingerprint density at radius 2 is 1.75 bits per heavy atom. The van der Waals surface area contributed by atoms with Crippen LogP contribution in [0.1, 0.15) is 5.69 Å². The zero-order chi connectivity index (χ0) is 18.9. The summed E-state index contributed by atoms with van der Waals surface area (Å²) in [5.74, 6) is 0.564. The maximum absolute atomic E-state index is 13.3. The van der Waals surface area contributed by atoms with E-state index in [0.29, 0.717) is 21.8 Å². The summed E-state index contributed by atoms with van der Waals surface area (Å²) in [4.78, 5) is 18.1. The van der Waals surface area contributed by atoms with Crippen molar-refractivity contribution in [3.05, 3.63) is 95.1 Å². The van der Waals surface area contributed by atoms with Crippen LogP contribution in [0, 0.1) is 0 Å². The van der Waals surface area contributed by atoms with E-state index in [9.17, 15) is 4.79 Å². The van der Waals surface area contributed by atoms with Crippen LogP contribution >= 0.6 is 11.8 Å². The van der Waals surface area contributed by atoms with Gasteiger partial charge >= 0.3 is 0 Å². The van der Waals surface area contributed by atoms with Gasteiger partial charge in [-0.05, 0) is 35.0 Å². The van der Waals surface area contributed by atoms with Crippen molar-refractivity contribution < 1.29 is 4.52 Å². The Bertz CT molecular complexity index is 1340. The van der Waals surface area contributed by atoms with Gasteiger partial charge in [-0.15, -0.1) is 0 Å². The summed E-state index contributed by atoms with van der Waals surface area (Å²) in [6, 6.07) is 23.3. The van der Waals surface area contributed by atoms with Crippen LogP contribution in [0.2, 0.25) is 0 Å². The minimum Gasteiger partial charge on any atom is -0.364 e. The second kappa shape index (κ2) is 6.98. The van der Waals surface area contributed by atoms with Gasteiger partial charge in [0.15, 0.2) is 5.16 Å². The van der Waals surface area contributed by atoms with Crippen molar-refractivity contribution in [3.63, 3.8) is 0 Å². The van der Waals surface area contributed by atoms with Gasteiger partial charge in [0, 0.05) is 11.8 Å². The number of aromatic nitrogens is 3. The number of thioether (sulfide) groups is 1.